The van der Waals surface area contributed by atoms with Crippen LogP contribution in [0.15, 0.2) is 42.5 Å². The molecular formula is C17H19NO3. The fourth-order valence-corrected chi connectivity index (χ4v) is 3.02. The molecule has 2 atom stereocenters. The van der Waals surface area contributed by atoms with Gasteiger partial charge in [-0.05, 0) is 31.4 Å². The van der Waals surface area contributed by atoms with E-state index in [0.29, 0.717) is 32.4 Å². The number of rotatable bonds is 5. The van der Waals surface area contributed by atoms with Crippen LogP contribution >= 0.6 is 0 Å². The van der Waals surface area contributed by atoms with E-state index in [0.717, 1.165) is 5.75 Å². The fraction of sp³-hybridized carbons (Fsp3) is 0.412. The number of benzene rings is 1. The first-order chi connectivity index (χ1) is 10.3. The van der Waals surface area contributed by atoms with E-state index in [4.69, 9.17) is 4.74 Å². The van der Waals surface area contributed by atoms with Crippen LogP contribution in [0.25, 0.3) is 0 Å². The van der Waals surface area contributed by atoms with E-state index in [9.17, 15) is 9.59 Å². The van der Waals surface area contributed by atoms with E-state index in [1.165, 1.54) is 4.90 Å². The fourth-order valence-electron chi connectivity index (χ4n) is 3.02. The monoisotopic (exact) mass is 285 g/mol. The van der Waals surface area contributed by atoms with E-state index in [-0.39, 0.29) is 23.7 Å². The predicted molar refractivity (Wildman–Crippen MR) is 78.6 cm³/mol. The third-order valence-corrected chi connectivity index (χ3v) is 4.14. The van der Waals surface area contributed by atoms with Crippen molar-refractivity contribution in [2.24, 2.45) is 11.8 Å². The molecule has 0 aromatic heterocycles. The van der Waals surface area contributed by atoms with Gasteiger partial charge in [0.1, 0.15) is 5.75 Å². The summed E-state index contributed by atoms with van der Waals surface area (Å²) >= 11 is 0. The van der Waals surface area contributed by atoms with Gasteiger partial charge in [0.05, 0.1) is 18.4 Å². The number of likely N-dealkylation sites (tertiary alicyclic amines) is 1. The van der Waals surface area contributed by atoms with E-state index < -0.39 is 0 Å². The van der Waals surface area contributed by atoms with Gasteiger partial charge in [0.25, 0.3) is 0 Å². The Morgan fingerprint density at radius 1 is 1.00 bits per heavy atom. The average molecular weight is 285 g/mol. The molecule has 2 amide bonds. The molecule has 0 bridgehead atoms. The van der Waals surface area contributed by atoms with Gasteiger partial charge in [-0.1, -0.05) is 30.4 Å². The highest BCUT2D eigenvalue weighted by Gasteiger charge is 2.46. The summed E-state index contributed by atoms with van der Waals surface area (Å²) in [7, 11) is 0. The largest absolute Gasteiger partial charge is 0.494 e. The van der Waals surface area contributed by atoms with Gasteiger partial charge >= 0.3 is 0 Å². The van der Waals surface area contributed by atoms with Gasteiger partial charge in [-0.3, -0.25) is 14.5 Å². The summed E-state index contributed by atoms with van der Waals surface area (Å²) in [4.78, 5) is 25.9. The molecule has 1 heterocycles. The van der Waals surface area contributed by atoms with Crippen LogP contribution in [-0.2, 0) is 9.59 Å². The second kappa shape index (κ2) is 6.12. The van der Waals surface area contributed by atoms with E-state index in [1.807, 2.05) is 42.5 Å². The van der Waals surface area contributed by atoms with Crippen LogP contribution in [-0.4, -0.2) is 29.9 Å². The lowest BCUT2D eigenvalue weighted by Crippen LogP contribution is -2.32. The van der Waals surface area contributed by atoms with Gasteiger partial charge in [-0.15, -0.1) is 0 Å². The SMILES string of the molecule is O=C1C2CC=CCC2C(=O)N1CCCOc1ccccc1. The lowest BCUT2D eigenvalue weighted by molar-refractivity contribution is -0.140. The van der Waals surface area contributed by atoms with E-state index in [2.05, 4.69) is 0 Å². The van der Waals surface area contributed by atoms with Gasteiger partial charge in [0.2, 0.25) is 11.8 Å². The number of fused-ring (bicyclic) bond motifs is 1. The third-order valence-electron chi connectivity index (χ3n) is 4.14. The normalized spacial score (nSPS) is 24.3. The molecule has 1 aromatic carbocycles. The number of carbonyl (C=O) groups is 2. The lowest BCUT2D eigenvalue weighted by atomic mass is 9.85. The molecule has 0 spiro atoms. The zero-order valence-electron chi connectivity index (χ0n) is 11.9. The van der Waals surface area contributed by atoms with Crippen LogP contribution in [0.2, 0.25) is 0 Å². The minimum Gasteiger partial charge on any atom is -0.494 e. The summed E-state index contributed by atoms with van der Waals surface area (Å²) in [5.74, 6) is 0.549. The first-order valence-electron chi connectivity index (χ1n) is 7.45. The Morgan fingerprint density at radius 2 is 1.62 bits per heavy atom. The molecular weight excluding hydrogens is 266 g/mol. The molecule has 1 aromatic rings. The summed E-state index contributed by atoms with van der Waals surface area (Å²) in [5.41, 5.74) is 0. The molecule has 0 N–H and O–H groups in total. The summed E-state index contributed by atoms with van der Waals surface area (Å²) in [6, 6.07) is 9.56. The van der Waals surface area contributed by atoms with Crippen molar-refractivity contribution in [3.63, 3.8) is 0 Å². The summed E-state index contributed by atoms with van der Waals surface area (Å²) in [6.07, 6.45) is 6.08. The van der Waals surface area contributed by atoms with Gasteiger partial charge < -0.3 is 4.74 Å². The lowest BCUT2D eigenvalue weighted by Gasteiger charge is -2.14. The Kier molecular flexibility index (Phi) is 4.04. The number of hydrogen-bond acceptors (Lipinski definition) is 3. The molecule has 21 heavy (non-hydrogen) atoms. The molecule has 2 aliphatic rings. The maximum atomic E-state index is 12.2. The average Bonchev–Trinajstić information content (AvgIpc) is 2.77. The van der Waals surface area contributed by atoms with Crippen LogP contribution in [0.5, 0.6) is 5.75 Å². The number of amides is 2. The van der Waals surface area contributed by atoms with Crippen molar-refractivity contribution in [3.05, 3.63) is 42.5 Å². The Balaban J connectivity index is 1.49. The molecule has 1 fully saturated rings. The highest BCUT2D eigenvalue weighted by atomic mass is 16.5. The first-order valence-corrected chi connectivity index (χ1v) is 7.45. The molecule has 4 heteroatoms. The Labute approximate surface area is 124 Å². The molecule has 2 unspecified atom stereocenters. The first kappa shape index (κ1) is 13.9. The van der Waals surface area contributed by atoms with Crippen LogP contribution in [0, 0.1) is 11.8 Å². The van der Waals surface area contributed by atoms with Crippen LogP contribution in [0.3, 0.4) is 0 Å². The van der Waals surface area contributed by atoms with Crippen molar-refractivity contribution in [1.82, 2.24) is 4.90 Å². The number of hydrogen-bond donors (Lipinski definition) is 0. The molecule has 0 saturated carbocycles. The van der Waals surface area contributed by atoms with Gasteiger partial charge in [-0.25, -0.2) is 0 Å². The highest BCUT2D eigenvalue weighted by Crippen LogP contribution is 2.34. The second-order valence-corrected chi connectivity index (χ2v) is 5.50. The number of ether oxygens (including phenoxy) is 1. The number of carbonyl (C=O) groups excluding carboxylic acids is 2. The Bertz CT molecular complexity index is 526. The summed E-state index contributed by atoms with van der Waals surface area (Å²) < 4.78 is 5.59. The van der Waals surface area contributed by atoms with Crippen molar-refractivity contribution in [1.29, 1.82) is 0 Å². The predicted octanol–water partition coefficient (Wildman–Crippen LogP) is 2.41. The van der Waals surface area contributed by atoms with Gasteiger partial charge in [0.15, 0.2) is 0 Å². The second-order valence-electron chi connectivity index (χ2n) is 5.50. The number of allylic oxidation sites excluding steroid dienone is 2. The summed E-state index contributed by atoms with van der Waals surface area (Å²) in [6.45, 7) is 0.964. The number of para-hydroxylation sites is 1. The third kappa shape index (κ3) is 2.84. The smallest absolute Gasteiger partial charge is 0.233 e. The minimum absolute atomic E-state index is 0.00550. The Morgan fingerprint density at radius 3 is 2.24 bits per heavy atom. The maximum absolute atomic E-state index is 12.2. The van der Waals surface area contributed by atoms with Gasteiger partial charge in [0, 0.05) is 6.54 Å². The zero-order chi connectivity index (χ0) is 14.7. The molecule has 110 valence electrons. The van der Waals surface area contributed by atoms with Crippen LogP contribution in [0.4, 0.5) is 0 Å². The van der Waals surface area contributed by atoms with Crippen LogP contribution < -0.4 is 4.74 Å². The van der Waals surface area contributed by atoms with E-state index in [1.54, 1.807) is 0 Å². The maximum Gasteiger partial charge on any atom is 0.233 e. The van der Waals surface area contributed by atoms with Crippen molar-refractivity contribution in [2.75, 3.05) is 13.2 Å². The van der Waals surface area contributed by atoms with Crippen molar-refractivity contribution >= 4 is 11.8 Å². The highest BCUT2D eigenvalue weighted by molar-refractivity contribution is 6.05. The molecule has 1 saturated heterocycles. The Hall–Kier alpha value is -2.10. The topological polar surface area (TPSA) is 46.6 Å². The van der Waals surface area contributed by atoms with Crippen LogP contribution in [0.1, 0.15) is 19.3 Å². The number of imide groups is 1. The quantitative estimate of drug-likeness (QED) is 0.474. The molecule has 0 radical (unpaired) electrons. The standard InChI is InChI=1S/C17H19NO3/c19-16-14-9-4-5-10-15(14)17(20)18(16)11-6-12-21-13-7-2-1-3-8-13/h1-5,7-8,14-15H,6,9-12H2. The molecule has 3 rings (SSSR count). The van der Waals surface area contributed by atoms with Crippen molar-refractivity contribution in [2.45, 2.75) is 19.3 Å². The molecule has 1 aliphatic heterocycles. The minimum atomic E-state index is -0.127. The zero-order valence-corrected chi connectivity index (χ0v) is 11.9. The van der Waals surface area contributed by atoms with Crippen molar-refractivity contribution in [3.8, 4) is 5.75 Å². The molecule has 1 aliphatic carbocycles. The molecule has 4 nitrogen and oxygen atoms in total. The van der Waals surface area contributed by atoms with Gasteiger partial charge in [-0.2, -0.15) is 0 Å². The number of nitrogens with zero attached hydrogens (tertiary/aromatic N) is 1. The van der Waals surface area contributed by atoms with Crippen molar-refractivity contribution < 1.29 is 14.3 Å². The summed E-state index contributed by atoms with van der Waals surface area (Å²) in [5, 5.41) is 0. The van der Waals surface area contributed by atoms with E-state index >= 15 is 0 Å².